The molecule has 0 radical (unpaired) electrons. The quantitative estimate of drug-likeness (QED) is 0.549. The molecule has 2 aromatic rings. The molecule has 6 heteroatoms. The number of hydrogen-bond donors (Lipinski definition) is 3. The van der Waals surface area contributed by atoms with E-state index in [9.17, 15) is 9.59 Å². The maximum Gasteiger partial charge on any atom is 0.242 e. The van der Waals surface area contributed by atoms with Gasteiger partial charge in [0.2, 0.25) is 11.8 Å². The van der Waals surface area contributed by atoms with Crippen LogP contribution in [-0.2, 0) is 22.4 Å². The predicted octanol–water partition coefficient (Wildman–Crippen LogP) is 2.41. The molecule has 4 N–H and O–H groups in total. The second kappa shape index (κ2) is 11.3. The van der Waals surface area contributed by atoms with Crippen molar-refractivity contribution in [3.05, 3.63) is 65.7 Å². The zero-order valence-corrected chi connectivity index (χ0v) is 16.4. The summed E-state index contributed by atoms with van der Waals surface area (Å²) < 4.78 is 0. The lowest BCUT2D eigenvalue weighted by Gasteiger charge is -2.18. The van der Waals surface area contributed by atoms with Crippen molar-refractivity contribution >= 4 is 29.3 Å². The van der Waals surface area contributed by atoms with Crippen LogP contribution in [-0.4, -0.2) is 36.4 Å². The third kappa shape index (κ3) is 7.74. The van der Waals surface area contributed by atoms with Crippen molar-refractivity contribution in [1.82, 2.24) is 10.6 Å². The van der Waals surface area contributed by atoms with E-state index in [1.165, 1.54) is 0 Å². The van der Waals surface area contributed by atoms with Gasteiger partial charge in [0.1, 0.15) is 6.04 Å². The summed E-state index contributed by atoms with van der Waals surface area (Å²) in [7, 11) is 0. The van der Waals surface area contributed by atoms with Crippen molar-refractivity contribution in [2.45, 2.75) is 25.3 Å². The summed E-state index contributed by atoms with van der Waals surface area (Å²) in [6.45, 7) is 0.521. The van der Waals surface area contributed by atoms with Crippen LogP contribution >= 0.6 is 11.8 Å². The van der Waals surface area contributed by atoms with E-state index in [-0.39, 0.29) is 18.2 Å². The lowest BCUT2D eigenvalue weighted by Crippen LogP contribution is -2.48. The Bertz CT molecular complexity index is 720. The fourth-order valence-electron chi connectivity index (χ4n) is 2.67. The molecule has 0 aliphatic carbocycles. The van der Waals surface area contributed by atoms with Crippen LogP contribution in [0, 0.1) is 0 Å². The van der Waals surface area contributed by atoms with Crippen LogP contribution in [0.15, 0.2) is 54.6 Å². The fourth-order valence-corrected chi connectivity index (χ4v) is 3.14. The van der Waals surface area contributed by atoms with Gasteiger partial charge in [-0.3, -0.25) is 9.59 Å². The molecule has 1 atom stereocenters. The SMILES string of the molecule is CSCCC(NC(=O)Cc1ccccc1)C(=O)NCCc1ccc(N)cc1. The number of thioether (sulfide) groups is 1. The molecule has 0 aromatic heterocycles. The van der Waals surface area contributed by atoms with Gasteiger partial charge in [0.15, 0.2) is 0 Å². The molecule has 2 rings (SSSR count). The number of nitrogens with one attached hydrogen (secondary N) is 2. The average Bonchev–Trinajstić information content (AvgIpc) is 2.67. The van der Waals surface area contributed by atoms with Gasteiger partial charge in [0, 0.05) is 12.2 Å². The minimum Gasteiger partial charge on any atom is -0.399 e. The number of benzene rings is 2. The van der Waals surface area contributed by atoms with Gasteiger partial charge in [-0.2, -0.15) is 11.8 Å². The van der Waals surface area contributed by atoms with Crippen molar-refractivity contribution in [2.75, 3.05) is 24.3 Å². The van der Waals surface area contributed by atoms with Crippen molar-refractivity contribution in [3.63, 3.8) is 0 Å². The summed E-state index contributed by atoms with van der Waals surface area (Å²) in [4.78, 5) is 24.8. The van der Waals surface area contributed by atoms with Crippen molar-refractivity contribution < 1.29 is 9.59 Å². The number of nitrogen functional groups attached to an aromatic ring is 1. The van der Waals surface area contributed by atoms with Crippen molar-refractivity contribution in [3.8, 4) is 0 Å². The van der Waals surface area contributed by atoms with Crippen molar-refractivity contribution in [2.24, 2.45) is 0 Å². The van der Waals surface area contributed by atoms with Crippen LogP contribution in [0.4, 0.5) is 5.69 Å². The lowest BCUT2D eigenvalue weighted by atomic mass is 10.1. The average molecular weight is 386 g/mol. The van der Waals surface area contributed by atoms with Gasteiger partial charge in [-0.15, -0.1) is 0 Å². The molecule has 0 spiro atoms. The smallest absolute Gasteiger partial charge is 0.242 e. The number of anilines is 1. The summed E-state index contributed by atoms with van der Waals surface area (Å²) in [5.74, 6) is 0.531. The molecule has 0 heterocycles. The fraction of sp³-hybridized carbons (Fsp3) is 0.333. The highest BCUT2D eigenvalue weighted by Gasteiger charge is 2.20. The number of carbonyl (C=O) groups excluding carboxylic acids is 2. The third-order valence-electron chi connectivity index (χ3n) is 4.16. The van der Waals surface area contributed by atoms with Gasteiger partial charge in [-0.05, 0) is 48.1 Å². The molecule has 0 saturated heterocycles. The van der Waals surface area contributed by atoms with Gasteiger partial charge in [-0.25, -0.2) is 0 Å². The molecule has 0 aliphatic rings. The molecule has 0 aliphatic heterocycles. The second-order valence-corrected chi connectivity index (χ2v) is 7.33. The first-order valence-electron chi connectivity index (χ1n) is 9.03. The minimum absolute atomic E-state index is 0.138. The van der Waals surface area contributed by atoms with Crippen molar-refractivity contribution in [1.29, 1.82) is 0 Å². The Labute approximate surface area is 165 Å². The van der Waals surface area contributed by atoms with E-state index in [4.69, 9.17) is 5.73 Å². The Balaban J connectivity index is 1.84. The Morgan fingerprint density at radius 1 is 1.04 bits per heavy atom. The zero-order valence-electron chi connectivity index (χ0n) is 15.6. The number of amides is 2. The van der Waals surface area contributed by atoms with E-state index in [0.717, 1.165) is 29.0 Å². The van der Waals surface area contributed by atoms with Crippen LogP contribution in [0.5, 0.6) is 0 Å². The van der Waals surface area contributed by atoms with E-state index < -0.39 is 6.04 Å². The number of carbonyl (C=O) groups is 2. The van der Waals surface area contributed by atoms with E-state index >= 15 is 0 Å². The highest BCUT2D eigenvalue weighted by Crippen LogP contribution is 2.06. The normalized spacial score (nSPS) is 11.6. The van der Waals surface area contributed by atoms with Gasteiger partial charge in [0.25, 0.3) is 0 Å². The number of rotatable bonds is 10. The summed E-state index contributed by atoms with van der Waals surface area (Å²) in [5.41, 5.74) is 8.44. The van der Waals surface area contributed by atoms with Gasteiger partial charge in [-0.1, -0.05) is 42.5 Å². The van der Waals surface area contributed by atoms with E-state index in [2.05, 4.69) is 10.6 Å². The first-order chi connectivity index (χ1) is 13.1. The highest BCUT2D eigenvalue weighted by atomic mass is 32.2. The van der Waals surface area contributed by atoms with Gasteiger partial charge < -0.3 is 16.4 Å². The first-order valence-corrected chi connectivity index (χ1v) is 10.4. The maximum atomic E-state index is 12.5. The maximum absolute atomic E-state index is 12.5. The molecule has 5 nitrogen and oxygen atoms in total. The predicted molar refractivity (Wildman–Crippen MR) is 113 cm³/mol. The second-order valence-electron chi connectivity index (χ2n) is 6.35. The molecule has 144 valence electrons. The Kier molecular flexibility index (Phi) is 8.71. The summed E-state index contributed by atoms with van der Waals surface area (Å²) in [6.07, 6.45) is 3.59. The minimum atomic E-state index is -0.514. The molecule has 2 amide bonds. The lowest BCUT2D eigenvalue weighted by molar-refractivity contribution is -0.128. The molecule has 0 bridgehead atoms. The van der Waals surface area contributed by atoms with E-state index in [0.29, 0.717) is 13.0 Å². The molecule has 27 heavy (non-hydrogen) atoms. The summed E-state index contributed by atoms with van der Waals surface area (Å²) in [5, 5.41) is 5.81. The molecule has 1 unspecified atom stereocenters. The third-order valence-corrected chi connectivity index (χ3v) is 4.81. The number of hydrogen-bond acceptors (Lipinski definition) is 4. The monoisotopic (exact) mass is 385 g/mol. The Morgan fingerprint density at radius 2 is 1.74 bits per heavy atom. The highest BCUT2D eigenvalue weighted by molar-refractivity contribution is 7.98. The summed E-state index contributed by atoms with van der Waals surface area (Å²) in [6, 6.07) is 16.6. The zero-order chi connectivity index (χ0) is 19.5. The largest absolute Gasteiger partial charge is 0.399 e. The molecular weight excluding hydrogens is 358 g/mol. The number of nitrogens with two attached hydrogens (primary N) is 1. The Hall–Kier alpha value is -2.47. The van der Waals surface area contributed by atoms with Crippen LogP contribution in [0.3, 0.4) is 0 Å². The van der Waals surface area contributed by atoms with Crippen LogP contribution in [0.25, 0.3) is 0 Å². The van der Waals surface area contributed by atoms with Crippen LogP contribution in [0.1, 0.15) is 17.5 Å². The first kappa shape index (κ1) is 20.8. The van der Waals surface area contributed by atoms with E-state index in [1.807, 2.05) is 60.9 Å². The standard InChI is InChI=1S/C21H27N3O2S/c1-27-14-12-19(24-20(25)15-17-5-3-2-4-6-17)21(26)23-13-11-16-7-9-18(22)10-8-16/h2-10,19H,11-15,22H2,1H3,(H,23,26)(H,24,25). The van der Waals surface area contributed by atoms with Gasteiger partial charge >= 0.3 is 0 Å². The Morgan fingerprint density at radius 3 is 2.41 bits per heavy atom. The van der Waals surface area contributed by atoms with Crippen LogP contribution < -0.4 is 16.4 Å². The van der Waals surface area contributed by atoms with Crippen LogP contribution in [0.2, 0.25) is 0 Å². The molecule has 2 aromatic carbocycles. The van der Waals surface area contributed by atoms with E-state index in [1.54, 1.807) is 11.8 Å². The topological polar surface area (TPSA) is 84.2 Å². The summed E-state index contributed by atoms with van der Waals surface area (Å²) >= 11 is 1.66. The molecular formula is C21H27N3O2S. The molecule has 0 saturated carbocycles. The molecule has 0 fully saturated rings. The van der Waals surface area contributed by atoms with Gasteiger partial charge in [0.05, 0.1) is 6.42 Å².